The van der Waals surface area contributed by atoms with Crippen LogP contribution in [0.25, 0.3) is 11.8 Å². The number of carbonyl (C=O) groups excluding carboxylic acids is 1. The summed E-state index contributed by atoms with van der Waals surface area (Å²) in [6, 6.07) is 14.6. The van der Waals surface area contributed by atoms with Crippen LogP contribution in [0.5, 0.6) is 0 Å². The van der Waals surface area contributed by atoms with Crippen molar-refractivity contribution in [2.75, 3.05) is 5.06 Å². The predicted octanol–water partition coefficient (Wildman–Crippen LogP) is 4.29. The van der Waals surface area contributed by atoms with Crippen LogP contribution in [-0.4, -0.2) is 11.3 Å². The van der Waals surface area contributed by atoms with E-state index in [1.165, 1.54) is 0 Å². The molecule has 0 bridgehead atoms. The molecular formula is C15H10BrNO3. The zero-order valence-electron chi connectivity index (χ0n) is 10.3. The van der Waals surface area contributed by atoms with Gasteiger partial charge < -0.3 is 4.74 Å². The summed E-state index contributed by atoms with van der Waals surface area (Å²) < 4.78 is 6.12. The maximum atomic E-state index is 11.6. The van der Waals surface area contributed by atoms with E-state index in [2.05, 4.69) is 15.9 Å². The number of hydrogen-bond donors (Lipinski definition) is 1. The zero-order chi connectivity index (χ0) is 14.1. The molecule has 100 valence electrons. The standard InChI is InChI=1S/C15H10BrNO3/c16-11-7-5-10(6-8-11)9-14-12-3-1-2-4-13(12)17(19)15(18)20-14/h1-9,19H/b14-9-. The molecule has 0 radical (unpaired) electrons. The maximum absolute atomic E-state index is 11.6. The number of anilines is 1. The van der Waals surface area contributed by atoms with Crippen LogP contribution in [0.2, 0.25) is 0 Å². The summed E-state index contributed by atoms with van der Waals surface area (Å²) in [5.74, 6) is 0.415. The summed E-state index contributed by atoms with van der Waals surface area (Å²) in [4.78, 5) is 11.6. The molecule has 0 unspecified atom stereocenters. The van der Waals surface area contributed by atoms with Crippen molar-refractivity contribution in [2.45, 2.75) is 0 Å². The molecule has 20 heavy (non-hydrogen) atoms. The zero-order valence-corrected chi connectivity index (χ0v) is 11.9. The molecule has 1 aliphatic rings. The summed E-state index contributed by atoms with van der Waals surface area (Å²) in [5.41, 5.74) is 1.97. The van der Waals surface area contributed by atoms with Gasteiger partial charge in [0, 0.05) is 10.0 Å². The smallest absolute Gasteiger partial charge is 0.408 e. The van der Waals surface area contributed by atoms with Crippen LogP contribution in [0, 0.1) is 0 Å². The van der Waals surface area contributed by atoms with Gasteiger partial charge in [0.15, 0.2) is 0 Å². The van der Waals surface area contributed by atoms with Crippen molar-refractivity contribution in [3.8, 4) is 0 Å². The Morgan fingerprint density at radius 1 is 1.10 bits per heavy atom. The average molecular weight is 332 g/mol. The Kier molecular flexibility index (Phi) is 3.30. The number of para-hydroxylation sites is 1. The highest BCUT2D eigenvalue weighted by Crippen LogP contribution is 2.34. The minimum absolute atomic E-state index is 0.409. The van der Waals surface area contributed by atoms with Gasteiger partial charge in [-0.05, 0) is 35.9 Å². The van der Waals surface area contributed by atoms with Crippen molar-refractivity contribution >= 4 is 39.5 Å². The van der Waals surface area contributed by atoms with Gasteiger partial charge in [-0.1, -0.05) is 40.2 Å². The maximum Gasteiger partial charge on any atom is 0.444 e. The molecule has 1 heterocycles. The van der Waals surface area contributed by atoms with Gasteiger partial charge >= 0.3 is 6.09 Å². The van der Waals surface area contributed by atoms with Gasteiger partial charge in [0.1, 0.15) is 5.76 Å². The van der Waals surface area contributed by atoms with Crippen molar-refractivity contribution < 1.29 is 14.7 Å². The van der Waals surface area contributed by atoms with Gasteiger partial charge in [0.2, 0.25) is 0 Å². The number of fused-ring (bicyclic) bond motifs is 1. The van der Waals surface area contributed by atoms with Gasteiger partial charge in [-0.15, -0.1) is 0 Å². The van der Waals surface area contributed by atoms with Crippen molar-refractivity contribution in [2.24, 2.45) is 0 Å². The molecule has 5 heteroatoms. The topological polar surface area (TPSA) is 49.8 Å². The highest BCUT2D eigenvalue weighted by molar-refractivity contribution is 9.10. The van der Waals surface area contributed by atoms with Crippen LogP contribution >= 0.6 is 15.9 Å². The molecule has 0 aliphatic carbocycles. The molecule has 2 aromatic carbocycles. The normalized spacial score (nSPS) is 16.0. The minimum atomic E-state index is -0.813. The summed E-state index contributed by atoms with van der Waals surface area (Å²) in [6.45, 7) is 0. The van der Waals surface area contributed by atoms with Crippen LogP contribution in [0.4, 0.5) is 10.5 Å². The number of benzene rings is 2. The highest BCUT2D eigenvalue weighted by atomic mass is 79.9. The number of ether oxygens (including phenoxy) is 1. The molecule has 2 aromatic rings. The Bertz CT molecular complexity index is 695. The Labute approximate surface area is 124 Å². The van der Waals surface area contributed by atoms with Crippen LogP contribution in [0.3, 0.4) is 0 Å². The monoisotopic (exact) mass is 331 g/mol. The number of nitrogens with zero attached hydrogens (tertiary/aromatic N) is 1. The molecule has 3 rings (SSSR count). The lowest BCUT2D eigenvalue weighted by atomic mass is 10.1. The van der Waals surface area contributed by atoms with Crippen LogP contribution in [-0.2, 0) is 4.74 Å². The van der Waals surface area contributed by atoms with E-state index in [0.29, 0.717) is 22.1 Å². The van der Waals surface area contributed by atoms with Gasteiger partial charge in [0.05, 0.1) is 5.69 Å². The molecule has 1 amide bonds. The van der Waals surface area contributed by atoms with E-state index in [4.69, 9.17) is 4.74 Å². The number of amides is 1. The van der Waals surface area contributed by atoms with E-state index in [1.807, 2.05) is 30.3 Å². The fraction of sp³-hybridized carbons (Fsp3) is 0. The molecule has 0 atom stereocenters. The average Bonchev–Trinajstić information content (AvgIpc) is 2.47. The quantitative estimate of drug-likeness (QED) is 0.793. The van der Waals surface area contributed by atoms with Crippen LogP contribution in [0.1, 0.15) is 11.1 Å². The summed E-state index contributed by atoms with van der Waals surface area (Å²) in [6.07, 6.45) is 0.947. The number of halogens is 1. The first-order valence-corrected chi connectivity index (χ1v) is 6.72. The van der Waals surface area contributed by atoms with Crippen molar-refractivity contribution in [3.63, 3.8) is 0 Å². The number of cyclic esters (lactones) is 1. The minimum Gasteiger partial charge on any atom is -0.408 e. The molecule has 4 nitrogen and oxygen atoms in total. The molecule has 0 spiro atoms. The molecule has 1 aliphatic heterocycles. The molecule has 0 saturated heterocycles. The van der Waals surface area contributed by atoms with E-state index in [0.717, 1.165) is 10.0 Å². The van der Waals surface area contributed by atoms with E-state index < -0.39 is 6.09 Å². The largest absolute Gasteiger partial charge is 0.444 e. The second-order valence-corrected chi connectivity index (χ2v) is 5.17. The molecule has 1 N–H and O–H groups in total. The summed E-state index contributed by atoms with van der Waals surface area (Å²) in [5, 5.41) is 10.2. The summed E-state index contributed by atoms with van der Waals surface area (Å²) >= 11 is 3.37. The fourth-order valence-electron chi connectivity index (χ4n) is 1.97. The first-order chi connectivity index (χ1) is 9.65. The highest BCUT2D eigenvalue weighted by Gasteiger charge is 2.27. The molecule has 0 fully saturated rings. The Balaban J connectivity index is 2.08. The predicted molar refractivity (Wildman–Crippen MR) is 79.2 cm³/mol. The Morgan fingerprint density at radius 3 is 2.55 bits per heavy atom. The van der Waals surface area contributed by atoms with Gasteiger partial charge in [-0.25, -0.2) is 4.79 Å². The first-order valence-electron chi connectivity index (χ1n) is 5.92. The lowest BCUT2D eigenvalue weighted by molar-refractivity contribution is 0.155. The van der Waals surface area contributed by atoms with Crippen LogP contribution < -0.4 is 5.06 Å². The summed E-state index contributed by atoms with van der Waals surface area (Å²) in [7, 11) is 0. The van der Waals surface area contributed by atoms with Gasteiger partial charge in [-0.3, -0.25) is 5.21 Å². The third kappa shape index (κ3) is 2.33. The van der Waals surface area contributed by atoms with E-state index in [1.54, 1.807) is 24.3 Å². The number of hydroxylamine groups is 1. The lowest BCUT2D eigenvalue weighted by Gasteiger charge is -2.24. The second-order valence-electron chi connectivity index (χ2n) is 4.26. The second kappa shape index (κ2) is 5.11. The van der Waals surface area contributed by atoms with Crippen LogP contribution in [0.15, 0.2) is 53.0 Å². The first kappa shape index (κ1) is 12.9. The van der Waals surface area contributed by atoms with Gasteiger partial charge in [-0.2, -0.15) is 5.06 Å². The van der Waals surface area contributed by atoms with E-state index >= 15 is 0 Å². The Morgan fingerprint density at radius 2 is 1.80 bits per heavy atom. The third-order valence-corrected chi connectivity index (χ3v) is 3.46. The lowest BCUT2D eigenvalue weighted by Crippen LogP contribution is -2.31. The number of carbonyl (C=O) groups is 1. The fourth-order valence-corrected chi connectivity index (χ4v) is 2.24. The SMILES string of the molecule is O=C1O/C(=C\c2ccc(Br)cc2)c2ccccc2N1O. The third-order valence-electron chi connectivity index (χ3n) is 2.94. The van der Waals surface area contributed by atoms with Crippen molar-refractivity contribution in [1.82, 2.24) is 0 Å². The van der Waals surface area contributed by atoms with Crippen molar-refractivity contribution in [3.05, 3.63) is 64.1 Å². The molecular weight excluding hydrogens is 322 g/mol. The van der Waals surface area contributed by atoms with Gasteiger partial charge in [0.25, 0.3) is 0 Å². The van der Waals surface area contributed by atoms with Crippen molar-refractivity contribution in [1.29, 1.82) is 0 Å². The Hall–Kier alpha value is -2.11. The van der Waals surface area contributed by atoms with E-state index in [9.17, 15) is 10.0 Å². The van der Waals surface area contributed by atoms with E-state index in [-0.39, 0.29) is 0 Å². The number of hydrogen-bond acceptors (Lipinski definition) is 3. The number of rotatable bonds is 1. The molecule has 0 aromatic heterocycles. The molecule has 0 saturated carbocycles.